The van der Waals surface area contributed by atoms with Gasteiger partial charge in [0.1, 0.15) is 5.75 Å². The molecule has 28 heavy (non-hydrogen) atoms. The summed E-state index contributed by atoms with van der Waals surface area (Å²) in [4.78, 5) is 19.4. The number of methoxy groups -OCH3 is 1. The second-order valence-electron chi connectivity index (χ2n) is 7.73. The van der Waals surface area contributed by atoms with Crippen molar-refractivity contribution in [3.8, 4) is 5.75 Å². The first-order valence-corrected chi connectivity index (χ1v) is 10.1. The van der Waals surface area contributed by atoms with E-state index >= 15 is 0 Å². The Bertz CT molecular complexity index is 813. The third-order valence-electron chi connectivity index (χ3n) is 6.09. The molecule has 0 N–H and O–H groups in total. The van der Waals surface area contributed by atoms with Crippen LogP contribution in [0.25, 0.3) is 0 Å². The SMILES string of the molecule is COc1ccc(N2CCN(C(=O)CN(C)C3CCc4ccccc43)CC2)cc1. The number of piperazine rings is 1. The van der Waals surface area contributed by atoms with Crippen LogP contribution >= 0.6 is 0 Å². The van der Waals surface area contributed by atoms with E-state index in [1.807, 2.05) is 17.0 Å². The molecule has 1 fully saturated rings. The summed E-state index contributed by atoms with van der Waals surface area (Å²) < 4.78 is 5.23. The lowest BCUT2D eigenvalue weighted by Gasteiger charge is -2.37. The van der Waals surface area contributed by atoms with E-state index in [4.69, 9.17) is 4.74 Å². The fourth-order valence-electron chi connectivity index (χ4n) is 4.42. The standard InChI is InChI=1S/C23H29N3O2/c1-24(22-12-7-18-5-3-4-6-21(18)22)17-23(27)26-15-13-25(14-16-26)19-8-10-20(28-2)11-9-19/h3-6,8-11,22H,7,12-17H2,1-2H3. The van der Waals surface area contributed by atoms with E-state index in [-0.39, 0.29) is 5.91 Å². The number of aryl methyl sites for hydroxylation is 1. The minimum absolute atomic E-state index is 0.237. The topological polar surface area (TPSA) is 36.0 Å². The fourth-order valence-corrected chi connectivity index (χ4v) is 4.42. The molecule has 5 nitrogen and oxygen atoms in total. The van der Waals surface area contributed by atoms with E-state index in [0.717, 1.165) is 44.8 Å². The van der Waals surface area contributed by atoms with Crippen LogP contribution in [0.15, 0.2) is 48.5 Å². The van der Waals surface area contributed by atoms with Gasteiger partial charge >= 0.3 is 0 Å². The highest BCUT2D eigenvalue weighted by Gasteiger charge is 2.28. The summed E-state index contributed by atoms with van der Waals surface area (Å²) in [7, 11) is 3.76. The Morgan fingerprint density at radius 2 is 1.79 bits per heavy atom. The van der Waals surface area contributed by atoms with E-state index in [9.17, 15) is 4.79 Å². The van der Waals surface area contributed by atoms with Gasteiger partial charge in [0.15, 0.2) is 0 Å². The molecule has 5 heteroatoms. The van der Waals surface area contributed by atoms with Crippen LogP contribution in [0.1, 0.15) is 23.6 Å². The molecule has 2 aromatic carbocycles. The zero-order valence-electron chi connectivity index (χ0n) is 16.8. The number of hydrogen-bond acceptors (Lipinski definition) is 4. The zero-order chi connectivity index (χ0) is 19.5. The fraction of sp³-hybridized carbons (Fsp3) is 0.435. The Labute approximate surface area is 167 Å². The quantitative estimate of drug-likeness (QED) is 0.800. The number of carbonyl (C=O) groups is 1. The smallest absolute Gasteiger partial charge is 0.236 e. The van der Waals surface area contributed by atoms with Crippen molar-refractivity contribution in [2.24, 2.45) is 0 Å². The van der Waals surface area contributed by atoms with E-state index in [2.05, 4.69) is 53.2 Å². The number of anilines is 1. The van der Waals surface area contributed by atoms with Crippen molar-refractivity contribution < 1.29 is 9.53 Å². The van der Waals surface area contributed by atoms with Crippen molar-refractivity contribution in [1.29, 1.82) is 0 Å². The Kier molecular flexibility index (Phi) is 5.53. The summed E-state index contributed by atoms with van der Waals surface area (Å²) in [5, 5.41) is 0. The number of hydrogen-bond donors (Lipinski definition) is 0. The second kappa shape index (κ2) is 8.23. The summed E-state index contributed by atoms with van der Waals surface area (Å²) in [5.41, 5.74) is 4.01. The van der Waals surface area contributed by atoms with E-state index in [1.54, 1.807) is 7.11 Å². The molecule has 1 atom stereocenters. The Morgan fingerprint density at radius 3 is 2.50 bits per heavy atom. The monoisotopic (exact) mass is 379 g/mol. The minimum atomic E-state index is 0.237. The number of ether oxygens (including phenoxy) is 1. The van der Waals surface area contributed by atoms with Crippen molar-refractivity contribution in [3.05, 3.63) is 59.7 Å². The van der Waals surface area contributed by atoms with Gasteiger partial charge in [-0.1, -0.05) is 24.3 Å². The van der Waals surface area contributed by atoms with Crippen LogP contribution in [0.4, 0.5) is 5.69 Å². The van der Waals surface area contributed by atoms with Crippen molar-refractivity contribution in [1.82, 2.24) is 9.80 Å². The van der Waals surface area contributed by atoms with Crippen LogP contribution in [0.5, 0.6) is 5.75 Å². The first kappa shape index (κ1) is 18.8. The van der Waals surface area contributed by atoms with E-state index in [1.165, 1.54) is 16.8 Å². The highest BCUT2D eigenvalue weighted by Crippen LogP contribution is 2.34. The van der Waals surface area contributed by atoms with Gasteiger partial charge < -0.3 is 14.5 Å². The Morgan fingerprint density at radius 1 is 1.07 bits per heavy atom. The highest BCUT2D eigenvalue weighted by molar-refractivity contribution is 5.78. The predicted molar refractivity (Wildman–Crippen MR) is 112 cm³/mol. The molecule has 1 aliphatic heterocycles. The lowest BCUT2D eigenvalue weighted by molar-refractivity contribution is -0.132. The van der Waals surface area contributed by atoms with Crippen LogP contribution in [-0.4, -0.2) is 62.6 Å². The summed E-state index contributed by atoms with van der Waals surface area (Å²) in [6.45, 7) is 3.78. The number of amides is 1. The van der Waals surface area contributed by atoms with Crippen LogP contribution in [0.2, 0.25) is 0 Å². The molecule has 1 heterocycles. The molecule has 0 radical (unpaired) electrons. The van der Waals surface area contributed by atoms with Gasteiger partial charge in [0.25, 0.3) is 0 Å². The van der Waals surface area contributed by atoms with E-state index in [0.29, 0.717) is 12.6 Å². The minimum Gasteiger partial charge on any atom is -0.497 e. The second-order valence-corrected chi connectivity index (χ2v) is 7.73. The molecule has 0 bridgehead atoms. The normalized spacial score (nSPS) is 19.0. The van der Waals surface area contributed by atoms with Crippen LogP contribution in [0.3, 0.4) is 0 Å². The molecule has 148 valence electrons. The van der Waals surface area contributed by atoms with Gasteiger partial charge in [0.05, 0.1) is 13.7 Å². The van der Waals surface area contributed by atoms with Gasteiger partial charge in [-0.05, 0) is 55.3 Å². The first-order chi connectivity index (χ1) is 13.7. The van der Waals surface area contributed by atoms with Gasteiger partial charge in [0, 0.05) is 37.9 Å². The predicted octanol–water partition coefficient (Wildman–Crippen LogP) is 2.96. The number of benzene rings is 2. The molecular weight excluding hydrogens is 350 g/mol. The summed E-state index contributed by atoms with van der Waals surface area (Å²) >= 11 is 0. The van der Waals surface area contributed by atoms with Gasteiger partial charge in [-0.15, -0.1) is 0 Å². The van der Waals surface area contributed by atoms with Crippen LogP contribution < -0.4 is 9.64 Å². The molecule has 1 unspecified atom stereocenters. The molecule has 0 spiro atoms. The highest BCUT2D eigenvalue weighted by atomic mass is 16.5. The largest absolute Gasteiger partial charge is 0.497 e. The maximum atomic E-state index is 12.9. The zero-order valence-corrected chi connectivity index (χ0v) is 16.8. The van der Waals surface area contributed by atoms with Crippen LogP contribution in [0, 0.1) is 0 Å². The van der Waals surface area contributed by atoms with Crippen molar-refractivity contribution >= 4 is 11.6 Å². The Hall–Kier alpha value is -2.53. The molecule has 2 aliphatic rings. The average Bonchev–Trinajstić information content (AvgIpc) is 3.18. The number of rotatable bonds is 5. The maximum Gasteiger partial charge on any atom is 0.236 e. The first-order valence-electron chi connectivity index (χ1n) is 10.1. The molecule has 1 saturated heterocycles. The lowest BCUT2D eigenvalue weighted by atomic mass is 10.1. The van der Waals surface area contributed by atoms with E-state index < -0.39 is 0 Å². The third-order valence-corrected chi connectivity index (χ3v) is 6.09. The third kappa shape index (κ3) is 3.85. The van der Waals surface area contributed by atoms with Gasteiger partial charge in [-0.25, -0.2) is 0 Å². The molecule has 1 aliphatic carbocycles. The molecule has 2 aromatic rings. The lowest BCUT2D eigenvalue weighted by Crippen LogP contribution is -2.51. The molecular formula is C23H29N3O2. The number of nitrogens with zero attached hydrogens (tertiary/aromatic N) is 3. The van der Waals surface area contributed by atoms with Gasteiger partial charge in [0.2, 0.25) is 5.91 Å². The molecule has 0 aromatic heterocycles. The van der Waals surface area contributed by atoms with Crippen molar-refractivity contribution in [3.63, 3.8) is 0 Å². The Balaban J connectivity index is 1.30. The van der Waals surface area contributed by atoms with Crippen LogP contribution in [-0.2, 0) is 11.2 Å². The van der Waals surface area contributed by atoms with Gasteiger partial charge in [-0.3, -0.25) is 9.69 Å². The number of likely N-dealkylation sites (N-methyl/N-ethyl adjacent to an activating group) is 1. The molecule has 0 saturated carbocycles. The average molecular weight is 380 g/mol. The van der Waals surface area contributed by atoms with Crippen molar-refractivity contribution in [2.45, 2.75) is 18.9 Å². The molecule has 1 amide bonds. The van der Waals surface area contributed by atoms with Crippen molar-refractivity contribution in [2.75, 3.05) is 51.8 Å². The summed E-state index contributed by atoms with van der Waals surface area (Å²) in [6, 6.07) is 17.1. The van der Waals surface area contributed by atoms with Gasteiger partial charge in [-0.2, -0.15) is 0 Å². The molecule has 4 rings (SSSR count). The number of fused-ring (bicyclic) bond motifs is 1. The summed E-state index contributed by atoms with van der Waals surface area (Å²) in [5.74, 6) is 1.11. The summed E-state index contributed by atoms with van der Waals surface area (Å²) in [6.07, 6.45) is 2.22. The maximum absolute atomic E-state index is 12.9. The number of carbonyl (C=O) groups excluding carboxylic acids is 1.